The first-order valence-corrected chi connectivity index (χ1v) is 8.06. The molecule has 5 nitrogen and oxygen atoms in total. The molecule has 0 radical (unpaired) electrons. The largest absolute Gasteiger partial charge is 0.354 e. The Morgan fingerprint density at radius 2 is 1.96 bits per heavy atom. The van der Waals surface area contributed by atoms with Gasteiger partial charge in [-0.05, 0) is 37.4 Å². The number of benzene rings is 1. The summed E-state index contributed by atoms with van der Waals surface area (Å²) in [6, 6.07) is 7.59. The summed E-state index contributed by atoms with van der Waals surface area (Å²) < 4.78 is 13.8. The van der Waals surface area contributed by atoms with Gasteiger partial charge in [0.05, 0.1) is 17.4 Å². The number of nitrogens with zero attached hydrogens (tertiary/aromatic N) is 3. The summed E-state index contributed by atoms with van der Waals surface area (Å²) in [6.07, 6.45) is 1.58. The molecule has 126 valence electrons. The summed E-state index contributed by atoms with van der Waals surface area (Å²) in [4.78, 5) is 21.0. The van der Waals surface area contributed by atoms with E-state index in [0.717, 1.165) is 38.1 Å². The lowest BCUT2D eigenvalue weighted by Gasteiger charge is -2.33. The molecule has 1 aliphatic heterocycles. The molecule has 0 atom stereocenters. The van der Waals surface area contributed by atoms with Gasteiger partial charge in [-0.1, -0.05) is 11.6 Å². The highest BCUT2D eigenvalue weighted by atomic mass is 35.5. The van der Waals surface area contributed by atoms with Crippen molar-refractivity contribution < 1.29 is 9.18 Å². The van der Waals surface area contributed by atoms with Crippen LogP contribution in [-0.4, -0.2) is 49.0 Å². The number of piperazine rings is 1. The van der Waals surface area contributed by atoms with Crippen LogP contribution in [-0.2, 0) is 0 Å². The van der Waals surface area contributed by atoms with Crippen molar-refractivity contribution in [3.63, 3.8) is 0 Å². The number of rotatable bonds is 3. The molecule has 1 saturated heterocycles. The van der Waals surface area contributed by atoms with Crippen LogP contribution in [0.4, 0.5) is 15.9 Å². The van der Waals surface area contributed by atoms with Crippen molar-refractivity contribution >= 4 is 29.0 Å². The van der Waals surface area contributed by atoms with Crippen molar-refractivity contribution in [2.75, 3.05) is 43.4 Å². The number of amides is 1. The summed E-state index contributed by atoms with van der Waals surface area (Å²) in [5.41, 5.74) is 0.467. The summed E-state index contributed by atoms with van der Waals surface area (Å²) in [5, 5.41) is 2.90. The first kappa shape index (κ1) is 16.7. The molecule has 7 heteroatoms. The average Bonchev–Trinajstić information content (AvgIpc) is 2.56. The number of hydrogen-bond acceptors (Lipinski definition) is 4. The zero-order valence-corrected chi connectivity index (χ0v) is 14.1. The Morgan fingerprint density at radius 3 is 2.58 bits per heavy atom. The maximum atomic E-state index is 13.8. The Hall–Kier alpha value is -2.18. The molecule has 0 spiro atoms. The molecule has 1 fully saturated rings. The Kier molecular flexibility index (Phi) is 4.97. The second-order valence-corrected chi connectivity index (χ2v) is 6.21. The van der Waals surface area contributed by atoms with Crippen molar-refractivity contribution in [2.45, 2.75) is 0 Å². The summed E-state index contributed by atoms with van der Waals surface area (Å²) in [7, 11) is 2.10. The molecule has 0 saturated carbocycles. The van der Waals surface area contributed by atoms with Crippen LogP contribution in [0.25, 0.3) is 0 Å². The smallest absolute Gasteiger partial charge is 0.258 e. The number of likely N-dealkylation sites (N-methyl/N-ethyl adjacent to an activating group) is 1. The molecule has 0 bridgehead atoms. The first-order valence-electron chi connectivity index (χ1n) is 7.69. The minimum atomic E-state index is -0.651. The van der Waals surface area contributed by atoms with E-state index in [4.69, 9.17) is 11.6 Å². The maximum Gasteiger partial charge on any atom is 0.258 e. The Labute approximate surface area is 145 Å². The highest BCUT2D eigenvalue weighted by Gasteiger charge is 2.16. The molecule has 0 unspecified atom stereocenters. The molecule has 2 aromatic rings. The summed E-state index contributed by atoms with van der Waals surface area (Å²) in [5.74, 6) is -0.306. The van der Waals surface area contributed by atoms with Gasteiger partial charge < -0.3 is 15.1 Å². The average molecular weight is 349 g/mol. The number of nitrogens with one attached hydrogen (secondary N) is 1. The van der Waals surface area contributed by atoms with Gasteiger partial charge in [0, 0.05) is 31.2 Å². The predicted molar refractivity (Wildman–Crippen MR) is 93.3 cm³/mol. The Balaban J connectivity index is 1.66. The lowest BCUT2D eigenvalue weighted by atomic mass is 10.2. The fourth-order valence-corrected chi connectivity index (χ4v) is 2.71. The molecule has 1 aliphatic rings. The third kappa shape index (κ3) is 3.83. The summed E-state index contributed by atoms with van der Waals surface area (Å²) >= 11 is 5.69. The number of anilines is 2. The van der Waals surface area contributed by atoms with Crippen molar-refractivity contribution in [3.05, 3.63) is 52.9 Å². The molecule has 1 aromatic heterocycles. The second kappa shape index (κ2) is 7.15. The quantitative estimate of drug-likeness (QED) is 0.926. The van der Waals surface area contributed by atoms with Crippen molar-refractivity contribution in [3.8, 4) is 0 Å². The molecular weight excluding hydrogens is 331 g/mol. The fraction of sp³-hybridized carbons (Fsp3) is 0.294. The van der Waals surface area contributed by atoms with Crippen LogP contribution in [0, 0.1) is 5.82 Å². The van der Waals surface area contributed by atoms with Gasteiger partial charge in [0.25, 0.3) is 5.91 Å². The van der Waals surface area contributed by atoms with Crippen LogP contribution in [0.1, 0.15) is 10.4 Å². The highest BCUT2D eigenvalue weighted by molar-refractivity contribution is 6.30. The SMILES string of the molecule is CN1CCN(c2ccc(NC(=O)c3ccc(Cl)cc3F)cn2)CC1. The first-order chi connectivity index (χ1) is 11.5. The van der Waals surface area contributed by atoms with Gasteiger partial charge >= 0.3 is 0 Å². The van der Waals surface area contributed by atoms with E-state index in [9.17, 15) is 9.18 Å². The number of halogens is 2. The van der Waals surface area contributed by atoms with Crippen molar-refractivity contribution in [2.24, 2.45) is 0 Å². The third-order valence-electron chi connectivity index (χ3n) is 4.01. The van der Waals surface area contributed by atoms with Gasteiger partial charge in [-0.3, -0.25) is 4.79 Å². The fourth-order valence-electron chi connectivity index (χ4n) is 2.55. The molecule has 1 N–H and O–H groups in total. The van der Waals surface area contributed by atoms with E-state index in [-0.39, 0.29) is 10.6 Å². The zero-order valence-electron chi connectivity index (χ0n) is 13.3. The predicted octanol–water partition coefficient (Wildman–Crippen LogP) is 2.88. The van der Waals surface area contributed by atoms with E-state index in [1.54, 1.807) is 12.3 Å². The van der Waals surface area contributed by atoms with E-state index in [2.05, 4.69) is 27.1 Å². The van der Waals surface area contributed by atoms with Gasteiger partial charge in [-0.25, -0.2) is 9.37 Å². The molecule has 0 aliphatic carbocycles. The van der Waals surface area contributed by atoms with E-state index in [0.29, 0.717) is 5.69 Å². The van der Waals surface area contributed by atoms with Crippen LogP contribution in [0.2, 0.25) is 5.02 Å². The van der Waals surface area contributed by atoms with Crippen LogP contribution >= 0.6 is 11.6 Å². The number of pyridine rings is 1. The number of carbonyl (C=O) groups excluding carboxylic acids is 1. The van der Waals surface area contributed by atoms with Crippen LogP contribution in [0.3, 0.4) is 0 Å². The number of hydrogen-bond donors (Lipinski definition) is 1. The monoisotopic (exact) mass is 348 g/mol. The standard InChI is InChI=1S/C17H18ClFN4O/c1-22-6-8-23(9-7-22)16-5-3-13(11-20-16)21-17(24)14-4-2-12(18)10-15(14)19/h2-5,10-11H,6-9H2,1H3,(H,21,24). The van der Waals surface area contributed by atoms with Gasteiger partial charge in [-0.15, -0.1) is 0 Å². The third-order valence-corrected chi connectivity index (χ3v) is 4.24. The van der Waals surface area contributed by atoms with Gasteiger partial charge in [0.15, 0.2) is 0 Å². The van der Waals surface area contributed by atoms with E-state index >= 15 is 0 Å². The molecule has 2 heterocycles. The lowest BCUT2D eigenvalue weighted by Crippen LogP contribution is -2.44. The molecular formula is C17H18ClFN4O. The highest BCUT2D eigenvalue weighted by Crippen LogP contribution is 2.18. The van der Waals surface area contributed by atoms with Crippen LogP contribution in [0.15, 0.2) is 36.5 Å². The number of carbonyl (C=O) groups is 1. The van der Waals surface area contributed by atoms with Crippen LogP contribution < -0.4 is 10.2 Å². The van der Waals surface area contributed by atoms with Gasteiger partial charge in [0.2, 0.25) is 0 Å². The Morgan fingerprint density at radius 1 is 1.21 bits per heavy atom. The number of aromatic nitrogens is 1. The van der Waals surface area contributed by atoms with E-state index in [1.807, 2.05) is 6.07 Å². The molecule has 1 aromatic carbocycles. The van der Waals surface area contributed by atoms with Gasteiger partial charge in [0.1, 0.15) is 11.6 Å². The topological polar surface area (TPSA) is 48.5 Å². The second-order valence-electron chi connectivity index (χ2n) is 5.77. The lowest BCUT2D eigenvalue weighted by molar-refractivity contribution is 0.102. The molecule has 24 heavy (non-hydrogen) atoms. The molecule has 3 rings (SSSR count). The minimum absolute atomic E-state index is 0.0532. The summed E-state index contributed by atoms with van der Waals surface area (Å²) in [6.45, 7) is 3.84. The van der Waals surface area contributed by atoms with Gasteiger partial charge in [-0.2, -0.15) is 0 Å². The normalized spacial score (nSPS) is 15.4. The van der Waals surface area contributed by atoms with Crippen molar-refractivity contribution in [1.82, 2.24) is 9.88 Å². The van der Waals surface area contributed by atoms with E-state index < -0.39 is 11.7 Å². The van der Waals surface area contributed by atoms with Crippen molar-refractivity contribution in [1.29, 1.82) is 0 Å². The minimum Gasteiger partial charge on any atom is -0.354 e. The Bertz CT molecular complexity index is 730. The zero-order chi connectivity index (χ0) is 17.1. The maximum absolute atomic E-state index is 13.8. The van der Waals surface area contributed by atoms with Crippen LogP contribution in [0.5, 0.6) is 0 Å². The van der Waals surface area contributed by atoms with E-state index in [1.165, 1.54) is 12.1 Å². The molecule has 1 amide bonds.